The SMILES string of the molecule is CCOC(=O)c1[nH]cc(OC(F)(F)F)c(=O)c1I. The van der Waals surface area contributed by atoms with E-state index in [1.807, 2.05) is 0 Å². The number of esters is 1. The highest BCUT2D eigenvalue weighted by Gasteiger charge is 2.33. The topological polar surface area (TPSA) is 68.4 Å². The van der Waals surface area contributed by atoms with Gasteiger partial charge in [0.2, 0.25) is 5.43 Å². The second-order valence-corrected chi connectivity index (χ2v) is 4.02. The lowest BCUT2D eigenvalue weighted by molar-refractivity contribution is -0.275. The Morgan fingerprint density at radius 3 is 2.61 bits per heavy atom. The molecule has 1 heterocycles. The molecule has 1 aromatic heterocycles. The minimum absolute atomic E-state index is 0.0811. The fourth-order valence-corrected chi connectivity index (χ4v) is 1.68. The van der Waals surface area contributed by atoms with Crippen LogP contribution in [-0.4, -0.2) is 23.9 Å². The summed E-state index contributed by atoms with van der Waals surface area (Å²) in [5.41, 5.74) is -1.24. The molecule has 9 heteroatoms. The van der Waals surface area contributed by atoms with Crippen molar-refractivity contribution in [2.45, 2.75) is 13.3 Å². The minimum atomic E-state index is -4.97. The van der Waals surface area contributed by atoms with Crippen molar-refractivity contribution in [2.75, 3.05) is 6.61 Å². The van der Waals surface area contributed by atoms with E-state index in [4.69, 9.17) is 0 Å². The van der Waals surface area contributed by atoms with Gasteiger partial charge >= 0.3 is 12.3 Å². The van der Waals surface area contributed by atoms with Gasteiger partial charge in [0.25, 0.3) is 0 Å². The van der Waals surface area contributed by atoms with Crippen molar-refractivity contribution in [1.82, 2.24) is 4.98 Å². The van der Waals surface area contributed by atoms with Crippen molar-refractivity contribution < 1.29 is 27.4 Å². The minimum Gasteiger partial charge on any atom is -0.461 e. The zero-order chi connectivity index (χ0) is 13.9. The van der Waals surface area contributed by atoms with Crippen LogP contribution in [0, 0.1) is 3.57 Å². The summed E-state index contributed by atoms with van der Waals surface area (Å²) in [4.78, 5) is 25.1. The molecule has 0 bridgehead atoms. The van der Waals surface area contributed by atoms with Crippen LogP contribution in [0.1, 0.15) is 17.4 Å². The van der Waals surface area contributed by atoms with E-state index in [2.05, 4.69) is 14.5 Å². The molecule has 0 saturated heterocycles. The van der Waals surface area contributed by atoms with Gasteiger partial charge in [0.05, 0.1) is 10.2 Å². The van der Waals surface area contributed by atoms with Crippen LogP contribution in [0.2, 0.25) is 0 Å². The van der Waals surface area contributed by atoms with Crippen molar-refractivity contribution in [2.24, 2.45) is 0 Å². The predicted octanol–water partition coefficient (Wildman–Crippen LogP) is 2.05. The number of H-pyrrole nitrogens is 1. The number of rotatable bonds is 3. The fourth-order valence-electron chi connectivity index (χ4n) is 1.04. The van der Waals surface area contributed by atoms with E-state index in [0.717, 1.165) is 0 Å². The molecule has 0 amide bonds. The molecule has 18 heavy (non-hydrogen) atoms. The molecule has 0 saturated carbocycles. The number of carbonyl (C=O) groups excluding carboxylic acids is 1. The Morgan fingerprint density at radius 2 is 2.11 bits per heavy atom. The third kappa shape index (κ3) is 3.62. The summed E-state index contributed by atoms with van der Waals surface area (Å²) in [5.74, 6) is -1.75. The number of alkyl halides is 3. The number of carbonyl (C=O) groups is 1. The van der Waals surface area contributed by atoms with Gasteiger partial charge in [-0.3, -0.25) is 4.79 Å². The first kappa shape index (κ1) is 14.8. The van der Waals surface area contributed by atoms with E-state index in [1.54, 1.807) is 6.92 Å². The maximum atomic E-state index is 12.0. The summed E-state index contributed by atoms with van der Waals surface area (Å²) >= 11 is 1.45. The lowest BCUT2D eigenvalue weighted by Gasteiger charge is -2.09. The quantitative estimate of drug-likeness (QED) is 0.647. The number of ether oxygens (including phenoxy) is 2. The van der Waals surface area contributed by atoms with Crippen LogP contribution in [0.25, 0.3) is 0 Å². The molecule has 100 valence electrons. The summed E-state index contributed by atoms with van der Waals surface area (Å²) in [7, 11) is 0. The normalized spacial score (nSPS) is 11.2. The number of hydrogen-bond acceptors (Lipinski definition) is 4. The van der Waals surface area contributed by atoms with Crippen LogP contribution in [0.15, 0.2) is 11.0 Å². The Bertz CT molecular complexity index is 512. The first-order valence-corrected chi connectivity index (χ1v) is 5.68. The zero-order valence-corrected chi connectivity index (χ0v) is 11.1. The molecule has 1 rings (SSSR count). The molecule has 0 spiro atoms. The molecule has 1 aromatic rings. The van der Waals surface area contributed by atoms with Gasteiger partial charge in [-0.15, -0.1) is 13.2 Å². The third-order valence-corrected chi connectivity index (χ3v) is 2.72. The number of pyridine rings is 1. The molecule has 0 radical (unpaired) electrons. The Hall–Kier alpha value is -1.26. The van der Waals surface area contributed by atoms with Crippen molar-refractivity contribution in [3.8, 4) is 5.75 Å². The van der Waals surface area contributed by atoms with Gasteiger partial charge in [0, 0.05) is 6.20 Å². The summed E-state index contributed by atoms with van der Waals surface area (Å²) in [5, 5.41) is 0. The first-order valence-electron chi connectivity index (χ1n) is 4.60. The fraction of sp³-hybridized carbons (Fsp3) is 0.333. The van der Waals surface area contributed by atoms with Crippen LogP contribution in [0.4, 0.5) is 13.2 Å². The molecular weight excluding hydrogens is 370 g/mol. The summed E-state index contributed by atoms with van der Waals surface area (Å²) in [6.07, 6.45) is -4.30. The molecule has 0 atom stereocenters. The summed E-state index contributed by atoms with van der Waals surface area (Å²) in [6, 6.07) is 0. The first-order chi connectivity index (χ1) is 8.26. The smallest absolute Gasteiger partial charge is 0.461 e. The van der Waals surface area contributed by atoms with Crippen LogP contribution >= 0.6 is 22.6 Å². The molecule has 0 aliphatic rings. The molecule has 0 unspecified atom stereocenters. The lowest BCUT2D eigenvalue weighted by Crippen LogP contribution is -2.25. The largest absolute Gasteiger partial charge is 0.573 e. The molecule has 0 fully saturated rings. The maximum absolute atomic E-state index is 12.0. The van der Waals surface area contributed by atoms with Gasteiger partial charge in [-0.2, -0.15) is 0 Å². The number of hydrogen-bond donors (Lipinski definition) is 1. The number of halogens is 4. The maximum Gasteiger partial charge on any atom is 0.573 e. The predicted molar refractivity (Wildman–Crippen MR) is 62.4 cm³/mol. The second kappa shape index (κ2) is 5.59. The summed E-state index contributed by atoms with van der Waals surface area (Å²) in [6.45, 7) is 1.64. The van der Waals surface area contributed by atoms with Crippen molar-refractivity contribution in [3.05, 3.63) is 25.7 Å². The van der Waals surface area contributed by atoms with Gasteiger partial charge in [0.15, 0.2) is 5.75 Å². The lowest BCUT2D eigenvalue weighted by atomic mass is 10.3. The van der Waals surface area contributed by atoms with Crippen LogP contribution < -0.4 is 10.2 Å². The highest BCUT2D eigenvalue weighted by atomic mass is 127. The number of aromatic nitrogens is 1. The average Bonchev–Trinajstić information content (AvgIpc) is 2.23. The van der Waals surface area contributed by atoms with E-state index in [-0.39, 0.29) is 15.9 Å². The molecule has 0 aliphatic carbocycles. The number of nitrogens with one attached hydrogen (secondary N) is 1. The van der Waals surface area contributed by atoms with E-state index in [1.165, 1.54) is 22.6 Å². The van der Waals surface area contributed by atoms with Gasteiger partial charge in [-0.05, 0) is 29.5 Å². The highest BCUT2D eigenvalue weighted by molar-refractivity contribution is 14.1. The zero-order valence-electron chi connectivity index (χ0n) is 8.93. The summed E-state index contributed by atoms with van der Waals surface area (Å²) < 4.78 is 43.8. The van der Waals surface area contributed by atoms with E-state index >= 15 is 0 Å². The number of aromatic amines is 1. The van der Waals surface area contributed by atoms with Gasteiger partial charge in [-0.1, -0.05) is 0 Å². The van der Waals surface area contributed by atoms with Crippen LogP contribution in [-0.2, 0) is 4.74 Å². The Morgan fingerprint density at radius 1 is 1.50 bits per heavy atom. The van der Waals surface area contributed by atoms with Crippen LogP contribution in [0.5, 0.6) is 5.75 Å². The molecular formula is C9H7F3INO4. The van der Waals surface area contributed by atoms with Crippen molar-refractivity contribution in [1.29, 1.82) is 0 Å². The van der Waals surface area contributed by atoms with Gasteiger partial charge < -0.3 is 14.5 Å². The van der Waals surface area contributed by atoms with Gasteiger partial charge in [0.1, 0.15) is 5.69 Å². The van der Waals surface area contributed by atoms with E-state index < -0.39 is 23.5 Å². The second-order valence-electron chi connectivity index (χ2n) is 2.94. The Labute approximate surface area is 112 Å². The standard InChI is InChI=1S/C9H7F3INO4/c1-2-17-8(16)6-5(13)7(15)4(3-14-6)18-9(10,11)12/h3H,2H2,1H3,(H,14,15). The monoisotopic (exact) mass is 377 g/mol. The molecule has 0 aliphatic heterocycles. The van der Waals surface area contributed by atoms with Crippen LogP contribution in [0.3, 0.4) is 0 Å². The third-order valence-electron chi connectivity index (χ3n) is 1.70. The molecule has 5 nitrogen and oxygen atoms in total. The Kier molecular flexibility index (Phi) is 4.59. The molecule has 0 aromatic carbocycles. The molecule has 1 N–H and O–H groups in total. The van der Waals surface area contributed by atoms with E-state index in [0.29, 0.717) is 6.20 Å². The highest BCUT2D eigenvalue weighted by Crippen LogP contribution is 2.20. The van der Waals surface area contributed by atoms with Crippen molar-refractivity contribution >= 4 is 28.6 Å². The van der Waals surface area contributed by atoms with Crippen molar-refractivity contribution in [3.63, 3.8) is 0 Å². The average molecular weight is 377 g/mol. The Balaban J connectivity index is 3.14. The van der Waals surface area contributed by atoms with Gasteiger partial charge in [-0.25, -0.2) is 4.79 Å². The van der Waals surface area contributed by atoms with E-state index in [9.17, 15) is 22.8 Å².